The molecule has 0 radical (unpaired) electrons. The molecule has 0 aliphatic carbocycles. The molecule has 0 fully saturated rings. The summed E-state index contributed by atoms with van der Waals surface area (Å²) in [5.74, 6) is 0.591. The van der Waals surface area contributed by atoms with Gasteiger partial charge in [-0.25, -0.2) is 4.79 Å². The Hall–Kier alpha value is -3.73. The van der Waals surface area contributed by atoms with Crippen molar-refractivity contribution in [1.29, 1.82) is 0 Å². The van der Waals surface area contributed by atoms with Crippen molar-refractivity contribution in [3.8, 4) is 11.5 Å². The Morgan fingerprint density at radius 3 is 1.55 bits per heavy atom. The molecule has 0 heterocycles. The molecule has 0 aliphatic rings. The maximum atomic E-state index is 12.9. The molecule has 0 bridgehead atoms. The van der Waals surface area contributed by atoms with Crippen molar-refractivity contribution in [1.82, 2.24) is 4.90 Å². The molecule has 242 valence electrons. The Bertz CT molecular complexity index is 1130. The molecule has 10 heteroatoms. The molecule has 0 aliphatic heterocycles. The lowest BCUT2D eigenvalue weighted by molar-refractivity contribution is -0.145. The van der Waals surface area contributed by atoms with Crippen molar-refractivity contribution in [3.05, 3.63) is 71.8 Å². The zero-order valence-corrected chi connectivity index (χ0v) is 25.8. The summed E-state index contributed by atoms with van der Waals surface area (Å²) in [6.45, 7) is 7.52. The van der Waals surface area contributed by atoms with Gasteiger partial charge in [-0.2, -0.15) is 0 Å². The Labute approximate surface area is 260 Å². The number of hydrogen-bond donors (Lipinski definition) is 2. The molecule has 0 atom stereocenters. The van der Waals surface area contributed by atoms with Crippen molar-refractivity contribution < 1.29 is 43.5 Å². The molecule has 2 aromatic rings. The zero-order valence-electron chi connectivity index (χ0n) is 25.8. The van der Waals surface area contributed by atoms with Crippen LogP contribution in [0.15, 0.2) is 60.7 Å². The van der Waals surface area contributed by atoms with E-state index in [1.54, 1.807) is 60.4 Å². The number of hydrogen-bond acceptors (Lipinski definition) is 10. The monoisotopic (exact) mass is 613 g/mol. The van der Waals surface area contributed by atoms with Gasteiger partial charge in [0.1, 0.15) is 11.5 Å². The van der Waals surface area contributed by atoms with Crippen LogP contribution in [0.4, 0.5) is 0 Å². The Kier molecular flexibility index (Phi) is 18.1. The fraction of sp³-hybridized carbons (Fsp3) is 0.500. The lowest BCUT2D eigenvalue weighted by Crippen LogP contribution is -2.35. The summed E-state index contributed by atoms with van der Waals surface area (Å²) in [4.78, 5) is 37.7. The second-order valence-electron chi connectivity index (χ2n) is 10.4. The van der Waals surface area contributed by atoms with E-state index in [4.69, 9.17) is 29.2 Å². The maximum Gasteiger partial charge on any atom is 0.333 e. The van der Waals surface area contributed by atoms with Crippen molar-refractivity contribution in [2.75, 3.05) is 59.3 Å². The van der Waals surface area contributed by atoms with Gasteiger partial charge in [0.15, 0.2) is 5.78 Å². The molecule has 44 heavy (non-hydrogen) atoms. The average molecular weight is 614 g/mol. The van der Waals surface area contributed by atoms with Gasteiger partial charge in [0.2, 0.25) is 0 Å². The summed E-state index contributed by atoms with van der Waals surface area (Å²) >= 11 is 0. The highest BCUT2D eigenvalue weighted by Crippen LogP contribution is 2.19. The largest absolute Gasteiger partial charge is 0.494 e. The number of nitrogens with zero attached hydrogens (tertiary/aromatic N) is 1. The van der Waals surface area contributed by atoms with Gasteiger partial charge in [-0.3, -0.25) is 14.5 Å². The van der Waals surface area contributed by atoms with E-state index in [2.05, 4.69) is 6.58 Å². The van der Waals surface area contributed by atoms with E-state index in [9.17, 15) is 14.4 Å². The third-order valence-corrected chi connectivity index (χ3v) is 6.63. The smallest absolute Gasteiger partial charge is 0.333 e. The summed E-state index contributed by atoms with van der Waals surface area (Å²) in [6.07, 6.45) is 5.92. The van der Waals surface area contributed by atoms with Crippen molar-refractivity contribution in [2.24, 2.45) is 0 Å². The highest BCUT2D eigenvalue weighted by atomic mass is 16.5. The van der Waals surface area contributed by atoms with Crippen LogP contribution >= 0.6 is 0 Å². The first kappa shape index (κ1) is 36.5. The van der Waals surface area contributed by atoms with Crippen molar-refractivity contribution in [2.45, 2.75) is 51.9 Å². The molecule has 0 saturated heterocycles. The SMILES string of the molecule is C=C(C)C(=O)OCCCCCOc1ccc(C(=O)c2ccc(OCCCCCCOC(=O)CN(CCO)CCO)cc2)cc1. The summed E-state index contributed by atoms with van der Waals surface area (Å²) in [5.41, 5.74) is 1.55. The Balaban J connectivity index is 1.58. The summed E-state index contributed by atoms with van der Waals surface area (Å²) in [5, 5.41) is 18.0. The van der Waals surface area contributed by atoms with Gasteiger partial charge < -0.3 is 29.2 Å². The van der Waals surface area contributed by atoms with E-state index in [1.165, 1.54) is 0 Å². The van der Waals surface area contributed by atoms with Crippen LogP contribution in [0.3, 0.4) is 0 Å². The highest BCUT2D eigenvalue weighted by Gasteiger charge is 2.11. The number of rotatable bonds is 24. The molecule has 0 saturated carbocycles. The van der Waals surface area contributed by atoms with Crippen LogP contribution in [0.2, 0.25) is 0 Å². The maximum absolute atomic E-state index is 12.9. The number of aliphatic hydroxyl groups excluding tert-OH is 2. The van der Waals surface area contributed by atoms with E-state index < -0.39 is 0 Å². The van der Waals surface area contributed by atoms with E-state index >= 15 is 0 Å². The summed E-state index contributed by atoms with van der Waals surface area (Å²) < 4.78 is 21.8. The molecular weight excluding hydrogens is 566 g/mol. The van der Waals surface area contributed by atoms with Crippen LogP contribution in [0.25, 0.3) is 0 Å². The van der Waals surface area contributed by atoms with Gasteiger partial charge >= 0.3 is 11.9 Å². The predicted molar refractivity (Wildman–Crippen MR) is 167 cm³/mol. The average Bonchev–Trinajstić information content (AvgIpc) is 3.02. The summed E-state index contributed by atoms with van der Waals surface area (Å²) in [6, 6.07) is 14.2. The van der Waals surface area contributed by atoms with Crippen LogP contribution in [0.5, 0.6) is 11.5 Å². The second-order valence-corrected chi connectivity index (χ2v) is 10.4. The van der Waals surface area contributed by atoms with E-state index in [0.717, 1.165) is 44.9 Å². The molecule has 2 aromatic carbocycles. The lowest BCUT2D eigenvalue weighted by Gasteiger charge is -2.18. The van der Waals surface area contributed by atoms with Gasteiger partial charge in [-0.05, 0) is 100 Å². The molecule has 2 rings (SSSR count). The first-order valence-electron chi connectivity index (χ1n) is 15.3. The first-order valence-corrected chi connectivity index (χ1v) is 15.3. The van der Waals surface area contributed by atoms with Crippen molar-refractivity contribution in [3.63, 3.8) is 0 Å². The van der Waals surface area contributed by atoms with Gasteiger partial charge in [0.25, 0.3) is 0 Å². The molecule has 2 N–H and O–H groups in total. The van der Waals surface area contributed by atoms with E-state index in [1.807, 2.05) is 0 Å². The number of carbonyl (C=O) groups excluding carboxylic acids is 3. The van der Waals surface area contributed by atoms with Gasteiger partial charge in [0.05, 0.1) is 46.2 Å². The fourth-order valence-corrected chi connectivity index (χ4v) is 4.15. The number of ketones is 1. The first-order chi connectivity index (χ1) is 21.3. The number of aliphatic hydroxyl groups is 2. The minimum Gasteiger partial charge on any atom is -0.494 e. The van der Waals surface area contributed by atoms with E-state index in [0.29, 0.717) is 67.7 Å². The zero-order chi connectivity index (χ0) is 32.0. The van der Waals surface area contributed by atoms with Gasteiger partial charge in [0, 0.05) is 29.8 Å². The van der Waals surface area contributed by atoms with Gasteiger partial charge in [-0.1, -0.05) is 6.58 Å². The van der Waals surface area contributed by atoms with Crippen molar-refractivity contribution >= 4 is 17.7 Å². The summed E-state index contributed by atoms with van der Waals surface area (Å²) in [7, 11) is 0. The second kappa shape index (κ2) is 21.9. The molecule has 0 spiro atoms. The van der Waals surface area contributed by atoms with Crippen LogP contribution in [-0.2, 0) is 19.1 Å². The molecular formula is C34H47NO9. The number of ether oxygens (including phenoxy) is 4. The predicted octanol–water partition coefficient (Wildman–Crippen LogP) is 4.36. The van der Waals surface area contributed by atoms with E-state index in [-0.39, 0.29) is 37.5 Å². The van der Waals surface area contributed by atoms with Crippen LogP contribution in [0, 0.1) is 0 Å². The Morgan fingerprint density at radius 2 is 1.09 bits per heavy atom. The minimum absolute atomic E-state index is 0.0572. The standard InChI is InChI=1S/C34H47NO9/c1-27(2)34(40)44-25-9-5-8-23-42-31-16-12-29(13-17-31)33(39)28-10-14-30(15-11-28)41-22-6-3-4-7-24-43-32(38)26-35(18-20-36)19-21-37/h10-17,36-37H,1,3-9,18-26H2,2H3. The minimum atomic E-state index is -0.362. The molecule has 0 aromatic heterocycles. The molecule has 10 nitrogen and oxygen atoms in total. The number of carbonyl (C=O) groups is 3. The normalized spacial score (nSPS) is 10.8. The Morgan fingerprint density at radius 1 is 0.659 bits per heavy atom. The fourth-order valence-electron chi connectivity index (χ4n) is 4.15. The quantitative estimate of drug-likeness (QED) is 0.0762. The lowest BCUT2D eigenvalue weighted by atomic mass is 10.0. The number of benzene rings is 2. The van der Waals surface area contributed by atoms with Crippen LogP contribution in [0.1, 0.15) is 67.8 Å². The topological polar surface area (TPSA) is 132 Å². The molecule has 0 amide bonds. The van der Waals surface area contributed by atoms with Crippen LogP contribution in [-0.4, -0.2) is 92.1 Å². The third kappa shape index (κ3) is 15.1. The highest BCUT2D eigenvalue weighted by molar-refractivity contribution is 6.09. The number of esters is 2. The van der Waals surface area contributed by atoms with Crippen LogP contribution < -0.4 is 9.47 Å². The van der Waals surface area contributed by atoms with Gasteiger partial charge in [-0.15, -0.1) is 0 Å². The molecule has 0 unspecified atom stereocenters. The number of unbranched alkanes of at least 4 members (excludes halogenated alkanes) is 5. The third-order valence-electron chi connectivity index (χ3n) is 6.63.